The lowest BCUT2D eigenvalue weighted by atomic mass is 10.1. The van der Waals surface area contributed by atoms with E-state index in [1.165, 1.54) is 16.8 Å². The van der Waals surface area contributed by atoms with E-state index in [2.05, 4.69) is 0 Å². The summed E-state index contributed by atoms with van der Waals surface area (Å²) in [5.74, 6) is -0.235. The van der Waals surface area contributed by atoms with Crippen molar-refractivity contribution in [3.63, 3.8) is 0 Å². The molecule has 0 N–H and O–H groups in total. The minimum Gasteiger partial charge on any atom is -0.300 e. The van der Waals surface area contributed by atoms with E-state index in [1.54, 1.807) is 12.1 Å². The number of hydrogen-bond donors (Lipinski definition) is 0. The van der Waals surface area contributed by atoms with Gasteiger partial charge < -0.3 is 4.57 Å². The van der Waals surface area contributed by atoms with Crippen molar-refractivity contribution in [2.24, 2.45) is 0 Å². The maximum atomic E-state index is 12.3. The van der Waals surface area contributed by atoms with Crippen molar-refractivity contribution in [1.29, 1.82) is 0 Å². The van der Waals surface area contributed by atoms with E-state index in [0.717, 1.165) is 16.6 Å². The Labute approximate surface area is 122 Å². The number of aryl methyl sites for hydroxylation is 2. The van der Waals surface area contributed by atoms with Crippen molar-refractivity contribution in [3.05, 3.63) is 68.5 Å². The van der Waals surface area contributed by atoms with E-state index in [0.29, 0.717) is 12.1 Å². The van der Waals surface area contributed by atoms with Crippen LogP contribution in [0.1, 0.15) is 29.3 Å². The van der Waals surface area contributed by atoms with Crippen molar-refractivity contribution >= 4 is 5.78 Å². The number of carbonyl (C=O) groups is 1. The highest BCUT2D eigenvalue weighted by atomic mass is 16.2. The molecule has 110 valence electrons. The number of hydrogen-bond acceptors (Lipinski definition) is 3. The number of nitrogens with zero attached hydrogens (tertiary/aromatic N) is 2. The SMILES string of the molecule is CCCn1ccc(=O)n(CC(=O)c2ccccc2C)c1=O. The Kier molecular flexibility index (Phi) is 4.52. The minimum atomic E-state index is -0.450. The Morgan fingerprint density at radius 1 is 1.14 bits per heavy atom. The fourth-order valence-electron chi connectivity index (χ4n) is 2.23. The zero-order valence-electron chi connectivity index (χ0n) is 12.2. The zero-order chi connectivity index (χ0) is 15.4. The van der Waals surface area contributed by atoms with E-state index >= 15 is 0 Å². The van der Waals surface area contributed by atoms with Gasteiger partial charge in [-0.1, -0.05) is 31.2 Å². The number of Topliss-reactive ketones (excluding diaryl/α,β-unsaturated/α-hetero) is 1. The maximum Gasteiger partial charge on any atom is 0.331 e. The molecule has 0 unspecified atom stereocenters. The van der Waals surface area contributed by atoms with Crippen molar-refractivity contribution in [2.45, 2.75) is 33.4 Å². The molecule has 5 heteroatoms. The lowest BCUT2D eigenvalue weighted by Gasteiger charge is -2.09. The first-order valence-electron chi connectivity index (χ1n) is 6.93. The van der Waals surface area contributed by atoms with E-state index in [9.17, 15) is 14.4 Å². The summed E-state index contributed by atoms with van der Waals surface area (Å²) in [4.78, 5) is 36.4. The second-order valence-electron chi connectivity index (χ2n) is 4.95. The topological polar surface area (TPSA) is 61.1 Å². The highest BCUT2D eigenvalue weighted by Crippen LogP contribution is 2.08. The van der Waals surface area contributed by atoms with Gasteiger partial charge in [-0.3, -0.25) is 14.2 Å². The highest BCUT2D eigenvalue weighted by Gasteiger charge is 2.13. The van der Waals surface area contributed by atoms with Crippen LogP contribution in [0.5, 0.6) is 0 Å². The molecule has 0 radical (unpaired) electrons. The molecule has 1 aromatic carbocycles. The van der Waals surface area contributed by atoms with Crippen LogP contribution < -0.4 is 11.2 Å². The van der Waals surface area contributed by atoms with Gasteiger partial charge in [0.25, 0.3) is 5.56 Å². The molecule has 21 heavy (non-hydrogen) atoms. The van der Waals surface area contributed by atoms with Crippen LogP contribution in [0.4, 0.5) is 0 Å². The molecule has 0 atom stereocenters. The molecule has 0 aliphatic carbocycles. The number of carbonyl (C=O) groups excluding carboxylic acids is 1. The van der Waals surface area contributed by atoms with Gasteiger partial charge in [0, 0.05) is 24.4 Å². The fourth-order valence-corrected chi connectivity index (χ4v) is 2.23. The van der Waals surface area contributed by atoms with E-state index in [4.69, 9.17) is 0 Å². The molecule has 1 aromatic heterocycles. The van der Waals surface area contributed by atoms with Gasteiger partial charge in [-0.05, 0) is 18.9 Å². The lowest BCUT2D eigenvalue weighted by molar-refractivity contribution is 0.0968. The van der Waals surface area contributed by atoms with Crippen molar-refractivity contribution in [1.82, 2.24) is 9.13 Å². The quantitative estimate of drug-likeness (QED) is 0.785. The monoisotopic (exact) mass is 286 g/mol. The first-order valence-corrected chi connectivity index (χ1v) is 6.93. The number of benzene rings is 1. The molecule has 0 fully saturated rings. The van der Waals surface area contributed by atoms with E-state index in [1.807, 2.05) is 26.0 Å². The first kappa shape index (κ1) is 15.0. The summed E-state index contributed by atoms with van der Waals surface area (Å²) in [6, 6.07) is 8.47. The zero-order valence-corrected chi connectivity index (χ0v) is 12.2. The number of ketones is 1. The first-order chi connectivity index (χ1) is 10.0. The smallest absolute Gasteiger partial charge is 0.300 e. The number of rotatable bonds is 5. The predicted molar refractivity (Wildman–Crippen MR) is 80.8 cm³/mol. The maximum absolute atomic E-state index is 12.3. The van der Waals surface area contributed by atoms with Crippen LogP contribution in [0, 0.1) is 6.92 Å². The molecule has 1 heterocycles. The highest BCUT2D eigenvalue weighted by molar-refractivity contribution is 5.97. The Hall–Kier alpha value is -2.43. The summed E-state index contributed by atoms with van der Waals surface area (Å²) in [5.41, 5.74) is 0.482. The Balaban J connectivity index is 2.38. The van der Waals surface area contributed by atoms with Crippen LogP contribution in [0.15, 0.2) is 46.1 Å². The average Bonchev–Trinajstić information content (AvgIpc) is 2.47. The largest absolute Gasteiger partial charge is 0.331 e. The molecule has 5 nitrogen and oxygen atoms in total. The molecular formula is C16H18N2O3. The number of aromatic nitrogens is 2. The summed E-state index contributed by atoms with van der Waals surface area (Å²) >= 11 is 0. The summed E-state index contributed by atoms with van der Waals surface area (Å²) in [5, 5.41) is 0. The Morgan fingerprint density at radius 2 is 1.86 bits per heavy atom. The summed E-state index contributed by atoms with van der Waals surface area (Å²) < 4.78 is 2.44. The molecule has 0 bridgehead atoms. The van der Waals surface area contributed by atoms with Gasteiger partial charge in [0.15, 0.2) is 5.78 Å². The Bertz CT molecular complexity index is 772. The third-order valence-corrected chi connectivity index (χ3v) is 3.35. The van der Waals surface area contributed by atoms with Gasteiger partial charge >= 0.3 is 5.69 Å². The average molecular weight is 286 g/mol. The van der Waals surface area contributed by atoms with Crippen LogP contribution in [0.25, 0.3) is 0 Å². The van der Waals surface area contributed by atoms with Gasteiger partial charge in [0.2, 0.25) is 0 Å². The molecular weight excluding hydrogens is 268 g/mol. The van der Waals surface area contributed by atoms with Gasteiger partial charge in [-0.25, -0.2) is 4.79 Å². The fraction of sp³-hybridized carbons (Fsp3) is 0.312. The van der Waals surface area contributed by atoms with Crippen LogP contribution >= 0.6 is 0 Å². The second-order valence-corrected chi connectivity index (χ2v) is 4.95. The summed E-state index contributed by atoms with van der Waals surface area (Å²) in [6.07, 6.45) is 2.26. The van der Waals surface area contributed by atoms with E-state index in [-0.39, 0.29) is 12.3 Å². The van der Waals surface area contributed by atoms with Crippen LogP contribution in [-0.2, 0) is 13.1 Å². The van der Waals surface area contributed by atoms with E-state index < -0.39 is 11.2 Å². The molecule has 0 saturated heterocycles. The molecule has 0 aliphatic rings. The van der Waals surface area contributed by atoms with Crippen molar-refractivity contribution in [2.75, 3.05) is 0 Å². The third kappa shape index (κ3) is 3.18. The van der Waals surface area contributed by atoms with Gasteiger partial charge in [0.1, 0.15) is 0 Å². The minimum absolute atomic E-state index is 0.229. The molecule has 0 aliphatic heterocycles. The Morgan fingerprint density at radius 3 is 2.52 bits per heavy atom. The van der Waals surface area contributed by atoms with Crippen LogP contribution in [-0.4, -0.2) is 14.9 Å². The predicted octanol–water partition coefficient (Wildman–Crippen LogP) is 1.61. The van der Waals surface area contributed by atoms with Crippen LogP contribution in [0.3, 0.4) is 0 Å². The van der Waals surface area contributed by atoms with Gasteiger partial charge in [-0.2, -0.15) is 0 Å². The third-order valence-electron chi connectivity index (χ3n) is 3.35. The van der Waals surface area contributed by atoms with Gasteiger partial charge in [0.05, 0.1) is 6.54 Å². The second kappa shape index (κ2) is 6.35. The molecule has 2 rings (SSSR count). The standard InChI is InChI=1S/C16H18N2O3/c1-3-9-17-10-8-15(20)18(16(17)21)11-14(19)13-7-5-4-6-12(13)2/h4-8,10H,3,9,11H2,1-2H3. The molecule has 0 saturated carbocycles. The van der Waals surface area contributed by atoms with Crippen molar-refractivity contribution in [3.8, 4) is 0 Å². The summed E-state index contributed by atoms with van der Waals surface area (Å²) in [7, 11) is 0. The molecule has 0 amide bonds. The van der Waals surface area contributed by atoms with Crippen LogP contribution in [0.2, 0.25) is 0 Å². The van der Waals surface area contributed by atoms with Crippen molar-refractivity contribution < 1.29 is 4.79 Å². The lowest BCUT2D eigenvalue weighted by Crippen LogP contribution is -2.40. The molecule has 0 spiro atoms. The summed E-state index contributed by atoms with van der Waals surface area (Å²) in [6.45, 7) is 4.07. The normalized spacial score (nSPS) is 10.6. The van der Waals surface area contributed by atoms with Gasteiger partial charge in [-0.15, -0.1) is 0 Å². The molecule has 2 aromatic rings.